The minimum absolute atomic E-state index is 0.0827. The molecule has 0 spiro atoms. The number of aryl methyl sites for hydroxylation is 1. The van der Waals surface area contributed by atoms with Crippen LogP contribution >= 0.6 is 11.3 Å². The number of amides is 1. The molecule has 0 aliphatic heterocycles. The number of carbonyl (C=O) groups is 3. The first-order valence-corrected chi connectivity index (χ1v) is 7.19. The third kappa shape index (κ3) is 6.71. The van der Waals surface area contributed by atoms with E-state index in [1.54, 1.807) is 6.08 Å². The van der Waals surface area contributed by atoms with Gasteiger partial charge >= 0.3 is 11.9 Å². The number of hydrogen-bond donors (Lipinski definition) is 3. The highest BCUT2D eigenvalue weighted by molar-refractivity contribution is 7.12. The summed E-state index contributed by atoms with van der Waals surface area (Å²) >= 11 is 1.52. The molecular formula is C14H17NO5S. The molecule has 0 aromatic carbocycles. The van der Waals surface area contributed by atoms with E-state index in [1.165, 1.54) is 17.4 Å². The molecule has 6 nitrogen and oxygen atoms in total. The van der Waals surface area contributed by atoms with Crippen molar-refractivity contribution >= 4 is 35.3 Å². The maximum atomic E-state index is 11.7. The van der Waals surface area contributed by atoms with Gasteiger partial charge in [0.25, 0.3) is 0 Å². The SMILES string of the molecule is Cc1ccc(/C=C/C(=O)N[C@H](CCCC(=O)O)C(=O)O)s1. The van der Waals surface area contributed by atoms with E-state index in [-0.39, 0.29) is 19.3 Å². The highest BCUT2D eigenvalue weighted by atomic mass is 32.1. The van der Waals surface area contributed by atoms with Crippen LogP contribution in [-0.4, -0.2) is 34.1 Å². The summed E-state index contributed by atoms with van der Waals surface area (Å²) in [4.78, 5) is 35.1. The van der Waals surface area contributed by atoms with Crippen LogP contribution in [0.1, 0.15) is 29.0 Å². The molecule has 1 heterocycles. The predicted molar refractivity (Wildman–Crippen MR) is 79.1 cm³/mol. The van der Waals surface area contributed by atoms with Gasteiger partial charge in [0.15, 0.2) is 0 Å². The molecule has 1 atom stereocenters. The number of nitrogens with one attached hydrogen (secondary N) is 1. The largest absolute Gasteiger partial charge is 0.481 e. The second-order valence-corrected chi connectivity index (χ2v) is 5.79. The first kappa shape index (κ1) is 16.9. The Morgan fingerprint density at radius 3 is 2.57 bits per heavy atom. The Kier molecular flexibility index (Phi) is 6.61. The highest BCUT2D eigenvalue weighted by Gasteiger charge is 2.18. The normalized spacial score (nSPS) is 12.2. The van der Waals surface area contributed by atoms with E-state index in [2.05, 4.69) is 5.32 Å². The zero-order valence-electron chi connectivity index (χ0n) is 11.5. The van der Waals surface area contributed by atoms with E-state index in [0.29, 0.717) is 0 Å². The fourth-order valence-electron chi connectivity index (χ4n) is 1.64. The van der Waals surface area contributed by atoms with Crippen molar-refractivity contribution in [2.45, 2.75) is 32.2 Å². The van der Waals surface area contributed by atoms with Gasteiger partial charge < -0.3 is 15.5 Å². The van der Waals surface area contributed by atoms with Gasteiger partial charge in [-0.1, -0.05) is 0 Å². The quantitative estimate of drug-likeness (QED) is 0.636. The van der Waals surface area contributed by atoms with Crippen molar-refractivity contribution in [2.24, 2.45) is 0 Å². The molecule has 7 heteroatoms. The van der Waals surface area contributed by atoms with Crippen molar-refractivity contribution in [2.75, 3.05) is 0 Å². The molecule has 0 unspecified atom stereocenters. The molecule has 0 aliphatic carbocycles. The summed E-state index contributed by atoms with van der Waals surface area (Å²) in [6, 6.07) is 2.71. The van der Waals surface area contributed by atoms with Gasteiger partial charge in [-0.2, -0.15) is 0 Å². The topological polar surface area (TPSA) is 104 Å². The van der Waals surface area contributed by atoms with Gasteiger partial charge in [-0.3, -0.25) is 9.59 Å². The molecule has 0 bridgehead atoms. The van der Waals surface area contributed by atoms with Gasteiger partial charge in [0, 0.05) is 22.3 Å². The predicted octanol–water partition coefficient (Wildman–Crippen LogP) is 1.89. The molecule has 1 rings (SSSR count). The lowest BCUT2D eigenvalue weighted by atomic mass is 10.1. The monoisotopic (exact) mass is 311 g/mol. The third-order valence-electron chi connectivity index (χ3n) is 2.66. The van der Waals surface area contributed by atoms with Crippen molar-refractivity contribution in [3.63, 3.8) is 0 Å². The fraction of sp³-hybridized carbons (Fsp3) is 0.357. The van der Waals surface area contributed by atoms with Crippen LogP contribution in [0, 0.1) is 6.92 Å². The number of hydrogen-bond acceptors (Lipinski definition) is 4. The van der Waals surface area contributed by atoms with Crippen molar-refractivity contribution in [3.8, 4) is 0 Å². The van der Waals surface area contributed by atoms with Gasteiger partial charge in [0.1, 0.15) is 6.04 Å². The standard InChI is InChI=1S/C14H17NO5S/c1-9-5-6-10(21-9)7-8-12(16)15-11(14(19)20)3-2-4-13(17)18/h5-8,11H,2-4H2,1H3,(H,15,16)(H,17,18)(H,19,20)/b8-7+/t11-/m1/s1. The van der Waals surface area contributed by atoms with E-state index in [9.17, 15) is 14.4 Å². The van der Waals surface area contributed by atoms with Gasteiger partial charge in [0.2, 0.25) is 5.91 Å². The van der Waals surface area contributed by atoms with E-state index < -0.39 is 23.9 Å². The van der Waals surface area contributed by atoms with Crippen molar-refractivity contribution in [3.05, 3.63) is 28.0 Å². The van der Waals surface area contributed by atoms with Gasteiger partial charge in [-0.05, 0) is 38.0 Å². The Bertz CT molecular complexity index is 549. The zero-order chi connectivity index (χ0) is 15.8. The van der Waals surface area contributed by atoms with Crippen LogP contribution in [-0.2, 0) is 14.4 Å². The smallest absolute Gasteiger partial charge is 0.326 e. The lowest BCUT2D eigenvalue weighted by Crippen LogP contribution is -2.39. The summed E-state index contributed by atoms with van der Waals surface area (Å²) in [5, 5.41) is 19.9. The Morgan fingerprint density at radius 2 is 2.05 bits per heavy atom. The Balaban J connectivity index is 2.50. The highest BCUT2D eigenvalue weighted by Crippen LogP contribution is 2.16. The number of rotatable bonds is 8. The van der Waals surface area contributed by atoms with Crippen LogP contribution in [0.15, 0.2) is 18.2 Å². The first-order valence-electron chi connectivity index (χ1n) is 6.38. The van der Waals surface area contributed by atoms with Crippen LogP contribution in [0.3, 0.4) is 0 Å². The molecule has 0 radical (unpaired) electrons. The average molecular weight is 311 g/mol. The van der Waals surface area contributed by atoms with Gasteiger partial charge in [-0.15, -0.1) is 11.3 Å². The molecule has 114 valence electrons. The minimum Gasteiger partial charge on any atom is -0.481 e. The molecule has 0 aliphatic rings. The Morgan fingerprint density at radius 1 is 1.33 bits per heavy atom. The molecular weight excluding hydrogens is 294 g/mol. The number of carboxylic acid groups (broad SMARTS) is 2. The molecule has 1 aromatic heterocycles. The van der Waals surface area contributed by atoms with Crippen molar-refractivity contribution in [1.29, 1.82) is 0 Å². The Hall–Kier alpha value is -2.15. The van der Waals surface area contributed by atoms with Crippen LogP contribution in [0.4, 0.5) is 0 Å². The van der Waals surface area contributed by atoms with E-state index in [1.807, 2.05) is 19.1 Å². The number of carboxylic acids is 2. The molecule has 3 N–H and O–H groups in total. The lowest BCUT2D eigenvalue weighted by molar-refractivity contribution is -0.142. The molecule has 0 saturated heterocycles. The molecule has 0 saturated carbocycles. The van der Waals surface area contributed by atoms with E-state index in [4.69, 9.17) is 10.2 Å². The summed E-state index contributed by atoms with van der Waals surface area (Å²) in [7, 11) is 0. The maximum Gasteiger partial charge on any atom is 0.326 e. The molecule has 21 heavy (non-hydrogen) atoms. The lowest BCUT2D eigenvalue weighted by Gasteiger charge is -2.12. The summed E-state index contributed by atoms with van der Waals surface area (Å²) < 4.78 is 0. The number of thiophene rings is 1. The number of aliphatic carboxylic acids is 2. The van der Waals surface area contributed by atoms with Crippen LogP contribution in [0.2, 0.25) is 0 Å². The molecule has 0 fully saturated rings. The summed E-state index contributed by atoms with van der Waals surface area (Å²) in [5.74, 6) is -2.67. The van der Waals surface area contributed by atoms with Gasteiger partial charge in [-0.25, -0.2) is 4.79 Å². The van der Waals surface area contributed by atoms with Gasteiger partial charge in [0.05, 0.1) is 0 Å². The zero-order valence-corrected chi connectivity index (χ0v) is 12.4. The second kappa shape index (κ2) is 8.21. The summed E-state index contributed by atoms with van der Waals surface area (Å²) in [6.07, 6.45) is 3.05. The van der Waals surface area contributed by atoms with E-state index >= 15 is 0 Å². The summed E-state index contributed by atoms with van der Waals surface area (Å²) in [6.45, 7) is 1.95. The second-order valence-electron chi connectivity index (χ2n) is 4.47. The van der Waals surface area contributed by atoms with Crippen LogP contribution in [0.5, 0.6) is 0 Å². The third-order valence-corrected chi connectivity index (χ3v) is 3.62. The maximum absolute atomic E-state index is 11.7. The fourth-order valence-corrected chi connectivity index (χ4v) is 2.42. The van der Waals surface area contributed by atoms with Crippen LogP contribution in [0.25, 0.3) is 6.08 Å². The van der Waals surface area contributed by atoms with Crippen molar-refractivity contribution < 1.29 is 24.6 Å². The number of carbonyl (C=O) groups excluding carboxylic acids is 1. The van der Waals surface area contributed by atoms with E-state index in [0.717, 1.165) is 9.75 Å². The van der Waals surface area contributed by atoms with Crippen LogP contribution < -0.4 is 5.32 Å². The molecule has 1 aromatic rings. The molecule has 1 amide bonds. The minimum atomic E-state index is -1.17. The van der Waals surface area contributed by atoms with Crippen molar-refractivity contribution in [1.82, 2.24) is 5.32 Å². The Labute approximate surface area is 126 Å². The first-order chi connectivity index (χ1) is 9.88. The summed E-state index contributed by atoms with van der Waals surface area (Å²) in [5.41, 5.74) is 0. The average Bonchev–Trinajstić information content (AvgIpc) is 2.80.